The van der Waals surface area contributed by atoms with Crippen LogP contribution in [0.1, 0.15) is 26.2 Å². The second-order valence-corrected chi connectivity index (χ2v) is 3.53. The van der Waals surface area contributed by atoms with Crippen molar-refractivity contribution in [3.05, 3.63) is 35.1 Å². The van der Waals surface area contributed by atoms with Gasteiger partial charge in [-0.25, -0.2) is 0 Å². The molecule has 0 bridgehead atoms. The first-order valence-corrected chi connectivity index (χ1v) is 4.60. The Morgan fingerprint density at radius 3 is 3.08 bits per heavy atom. The van der Waals surface area contributed by atoms with Crippen molar-refractivity contribution in [2.45, 2.75) is 26.2 Å². The molecule has 0 aromatic carbocycles. The van der Waals surface area contributed by atoms with Crippen LogP contribution in [-0.2, 0) is 4.79 Å². The Hall–Kier alpha value is -1.31. The first-order valence-electron chi connectivity index (χ1n) is 4.60. The molecule has 0 aliphatic heterocycles. The summed E-state index contributed by atoms with van der Waals surface area (Å²) >= 11 is 0. The van der Waals surface area contributed by atoms with Crippen LogP contribution in [0.3, 0.4) is 0 Å². The van der Waals surface area contributed by atoms with Crippen molar-refractivity contribution in [3.63, 3.8) is 0 Å². The van der Waals surface area contributed by atoms with Crippen LogP contribution < -0.4 is 5.32 Å². The molecule has 0 spiro atoms. The van der Waals surface area contributed by atoms with Crippen LogP contribution in [-0.4, -0.2) is 5.91 Å². The van der Waals surface area contributed by atoms with E-state index in [1.807, 2.05) is 0 Å². The number of hydrogen-bond acceptors (Lipinski definition) is 1. The Labute approximate surface area is 78.0 Å². The van der Waals surface area contributed by atoms with Gasteiger partial charge in [0.15, 0.2) is 0 Å². The van der Waals surface area contributed by atoms with E-state index in [-0.39, 0.29) is 5.91 Å². The minimum Gasteiger partial charge on any atom is -0.330 e. The van der Waals surface area contributed by atoms with Crippen LogP contribution in [0, 0.1) is 0 Å². The first-order chi connectivity index (χ1) is 6.25. The van der Waals surface area contributed by atoms with E-state index < -0.39 is 0 Å². The highest BCUT2D eigenvalue weighted by molar-refractivity contribution is 5.75. The molecular formula is C11H13NO. The van der Waals surface area contributed by atoms with E-state index in [0.29, 0.717) is 0 Å². The lowest BCUT2D eigenvalue weighted by Crippen LogP contribution is -2.20. The fraction of sp³-hybridized carbons (Fsp3) is 0.364. The molecule has 0 fully saturated rings. The van der Waals surface area contributed by atoms with Crippen molar-refractivity contribution in [2.75, 3.05) is 0 Å². The highest BCUT2D eigenvalue weighted by Gasteiger charge is 2.15. The van der Waals surface area contributed by atoms with E-state index in [4.69, 9.17) is 0 Å². The number of carbonyl (C=O) groups excluding carboxylic acids is 1. The summed E-state index contributed by atoms with van der Waals surface area (Å²) in [7, 11) is 0. The lowest BCUT2D eigenvalue weighted by molar-refractivity contribution is -0.118. The minimum absolute atomic E-state index is 0.0289. The largest absolute Gasteiger partial charge is 0.330 e. The molecule has 13 heavy (non-hydrogen) atoms. The topological polar surface area (TPSA) is 29.1 Å². The molecule has 0 unspecified atom stereocenters. The van der Waals surface area contributed by atoms with Gasteiger partial charge in [0.1, 0.15) is 0 Å². The fourth-order valence-corrected chi connectivity index (χ4v) is 1.85. The Morgan fingerprint density at radius 1 is 1.46 bits per heavy atom. The third-order valence-electron chi connectivity index (χ3n) is 2.45. The van der Waals surface area contributed by atoms with Gasteiger partial charge in [-0.05, 0) is 18.4 Å². The standard InChI is InChI=1S/C11H13NO/c1-8(13)12-11-6-5-9-3-2-4-10(9)7-11/h2-3,6H,4-5,7H2,1H3,(H,12,13). The van der Waals surface area contributed by atoms with Crippen molar-refractivity contribution >= 4 is 5.91 Å². The van der Waals surface area contributed by atoms with Gasteiger partial charge in [0.2, 0.25) is 5.91 Å². The van der Waals surface area contributed by atoms with Gasteiger partial charge in [-0.15, -0.1) is 0 Å². The number of allylic oxidation sites excluding steroid dienone is 5. The van der Waals surface area contributed by atoms with E-state index in [2.05, 4.69) is 23.5 Å². The Kier molecular flexibility index (Phi) is 2.05. The van der Waals surface area contributed by atoms with Gasteiger partial charge in [0.25, 0.3) is 0 Å². The third-order valence-corrected chi connectivity index (χ3v) is 2.45. The van der Waals surface area contributed by atoms with Gasteiger partial charge in [0, 0.05) is 19.0 Å². The van der Waals surface area contributed by atoms with Crippen LogP contribution in [0.5, 0.6) is 0 Å². The molecule has 2 heteroatoms. The molecule has 2 rings (SSSR count). The number of hydrogen-bond donors (Lipinski definition) is 1. The van der Waals surface area contributed by atoms with Crippen molar-refractivity contribution < 1.29 is 4.79 Å². The molecule has 0 radical (unpaired) electrons. The molecule has 0 saturated heterocycles. The SMILES string of the molecule is CC(=O)NC1=CCC2=C(CC=C2)C1. The average Bonchev–Trinajstić information content (AvgIpc) is 2.49. The van der Waals surface area contributed by atoms with Crippen LogP contribution in [0.25, 0.3) is 0 Å². The number of carbonyl (C=O) groups is 1. The maximum Gasteiger partial charge on any atom is 0.220 e. The molecule has 1 N–H and O–H groups in total. The van der Waals surface area contributed by atoms with E-state index in [1.165, 1.54) is 11.1 Å². The highest BCUT2D eigenvalue weighted by atomic mass is 16.1. The Bertz CT molecular complexity index is 334. The zero-order chi connectivity index (χ0) is 9.26. The number of amides is 1. The number of nitrogens with one attached hydrogen (secondary N) is 1. The molecule has 2 nitrogen and oxygen atoms in total. The first kappa shape index (κ1) is 8.30. The van der Waals surface area contributed by atoms with Crippen molar-refractivity contribution in [3.8, 4) is 0 Å². The van der Waals surface area contributed by atoms with E-state index in [9.17, 15) is 4.79 Å². The predicted molar refractivity (Wildman–Crippen MR) is 51.9 cm³/mol. The third kappa shape index (κ3) is 1.72. The molecule has 1 amide bonds. The maximum absolute atomic E-state index is 10.8. The molecule has 0 aromatic heterocycles. The van der Waals surface area contributed by atoms with Crippen molar-refractivity contribution in [2.24, 2.45) is 0 Å². The van der Waals surface area contributed by atoms with E-state index in [1.54, 1.807) is 6.92 Å². The Morgan fingerprint density at radius 2 is 2.31 bits per heavy atom. The maximum atomic E-state index is 10.8. The summed E-state index contributed by atoms with van der Waals surface area (Å²) in [5.41, 5.74) is 3.97. The van der Waals surface area contributed by atoms with Crippen molar-refractivity contribution in [1.82, 2.24) is 5.32 Å². The summed E-state index contributed by atoms with van der Waals surface area (Å²) < 4.78 is 0. The van der Waals surface area contributed by atoms with Crippen LogP contribution in [0.2, 0.25) is 0 Å². The van der Waals surface area contributed by atoms with Crippen molar-refractivity contribution in [1.29, 1.82) is 0 Å². The highest BCUT2D eigenvalue weighted by Crippen LogP contribution is 2.30. The molecule has 2 aliphatic carbocycles. The van der Waals surface area contributed by atoms with Gasteiger partial charge in [-0.3, -0.25) is 4.79 Å². The molecule has 68 valence electrons. The van der Waals surface area contributed by atoms with Gasteiger partial charge < -0.3 is 5.32 Å². The summed E-state index contributed by atoms with van der Waals surface area (Å²) in [6.07, 6.45) is 9.44. The summed E-state index contributed by atoms with van der Waals surface area (Å²) in [6, 6.07) is 0. The predicted octanol–water partition coefficient (Wildman–Crippen LogP) is 2.06. The lowest BCUT2D eigenvalue weighted by Gasteiger charge is -2.15. The summed E-state index contributed by atoms with van der Waals surface area (Å²) in [5.74, 6) is 0.0289. The lowest BCUT2D eigenvalue weighted by atomic mass is 9.97. The zero-order valence-corrected chi connectivity index (χ0v) is 7.76. The zero-order valence-electron chi connectivity index (χ0n) is 7.76. The van der Waals surface area contributed by atoms with Crippen LogP contribution in [0.4, 0.5) is 0 Å². The quantitative estimate of drug-likeness (QED) is 0.649. The molecule has 0 aromatic rings. The number of rotatable bonds is 1. The van der Waals surface area contributed by atoms with E-state index in [0.717, 1.165) is 25.0 Å². The van der Waals surface area contributed by atoms with Gasteiger partial charge in [-0.1, -0.05) is 23.8 Å². The molecular weight excluding hydrogens is 162 g/mol. The minimum atomic E-state index is 0.0289. The van der Waals surface area contributed by atoms with Gasteiger partial charge in [0.05, 0.1) is 0 Å². The normalized spacial score (nSPS) is 19.9. The van der Waals surface area contributed by atoms with Crippen LogP contribution >= 0.6 is 0 Å². The average molecular weight is 175 g/mol. The second-order valence-electron chi connectivity index (χ2n) is 3.53. The molecule has 2 aliphatic rings. The van der Waals surface area contributed by atoms with Gasteiger partial charge >= 0.3 is 0 Å². The monoisotopic (exact) mass is 175 g/mol. The molecule has 0 heterocycles. The molecule has 0 saturated carbocycles. The summed E-state index contributed by atoms with van der Waals surface area (Å²) in [5, 5.41) is 2.85. The summed E-state index contributed by atoms with van der Waals surface area (Å²) in [6.45, 7) is 1.55. The fourth-order valence-electron chi connectivity index (χ4n) is 1.85. The Balaban J connectivity index is 2.03. The smallest absolute Gasteiger partial charge is 0.220 e. The van der Waals surface area contributed by atoms with Gasteiger partial charge in [-0.2, -0.15) is 0 Å². The van der Waals surface area contributed by atoms with Crippen LogP contribution in [0.15, 0.2) is 35.1 Å². The van der Waals surface area contributed by atoms with E-state index >= 15 is 0 Å². The molecule has 0 atom stereocenters. The second kappa shape index (κ2) is 3.21. The summed E-state index contributed by atoms with van der Waals surface area (Å²) in [4.78, 5) is 10.8.